The molecule has 0 nitrogen and oxygen atoms in total. The maximum absolute atomic E-state index is 5.78. The van der Waals surface area contributed by atoms with Gasteiger partial charge in [0, 0.05) is 0 Å². The molecule has 0 saturated heterocycles. The van der Waals surface area contributed by atoms with Gasteiger partial charge >= 0.3 is 90.8 Å². The van der Waals surface area contributed by atoms with E-state index in [4.69, 9.17) is 64.2 Å². The third-order valence-corrected chi connectivity index (χ3v) is 24.6. The SMILES string of the molecule is ClC1=[C](Cl)[Sn]([Cl])([Cl])[C]1(Cl)Cl. The zero-order valence-electron chi connectivity index (χ0n) is 4.27. The Bertz CT molecular complexity index is 183. The number of hydrogen-bond donors (Lipinski definition) is 0. The van der Waals surface area contributed by atoms with Crippen LogP contribution >= 0.6 is 64.2 Å². The van der Waals surface area contributed by atoms with Crippen molar-refractivity contribution in [3.8, 4) is 0 Å². The van der Waals surface area contributed by atoms with E-state index < -0.39 is 18.5 Å². The predicted octanol–water partition coefficient (Wildman–Crippen LogP) is 3.86. The molecule has 0 unspecified atom stereocenters. The van der Waals surface area contributed by atoms with Gasteiger partial charge in [0.25, 0.3) is 0 Å². The topological polar surface area (TPSA) is 0 Å². The second-order valence-corrected chi connectivity index (χ2v) is 22.3. The fourth-order valence-electron chi connectivity index (χ4n) is 0.489. The fraction of sp³-hybridized carbons (Fsp3) is 0.333. The number of rotatable bonds is 0. The summed E-state index contributed by atoms with van der Waals surface area (Å²) in [5, 5.41) is 0.179. The molecule has 1 aliphatic rings. The molecule has 0 radical (unpaired) electrons. The van der Waals surface area contributed by atoms with Crippen molar-refractivity contribution in [1.29, 1.82) is 0 Å². The molecule has 0 aromatic rings. The Hall–Kier alpha value is 2.28. The maximum atomic E-state index is 5.78. The van der Waals surface area contributed by atoms with E-state index in [1.54, 1.807) is 0 Å². The van der Waals surface area contributed by atoms with Gasteiger partial charge in [-0.3, -0.25) is 0 Å². The van der Waals surface area contributed by atoms with Gasteiger partial charge in [0.1, 0.15) is 0 Å². The number of hydrogen-bond acceptors (Lipinski definition) is 0. The molecule has 10 heavy (non-hydrogen) atoms. The Balaban J connectivity index is 3.10. The second kappa shape index (κ2) is 2.90. The molecule has 1 heterocycles. The van der Waals surface area contributed by atoms with Crippen molar-refractivity contribution in [3.63, 3.8) is 0 Å². The predicted molar refractivity (Wildman–Crippen MR) is 50.6 cm³/mol. The van der Waals surface area contributed by atoms with Crippen molar-refractivity contribution in [2.75, 3.05) is 0 Å². The van der Waals surface area contributed by atoms with Gasteiger partial charge in [-0.2, -0.15) is 0 Å². The van der Waals surface area contributed by atoms with Crippen molar-refractivity contribution in [2.24, 2.45) is 0 Å². The van der Waals surface area contributed by atoms with Crippen LogP contribution in [0.3, 0.4) is 0 Å². The van der Waals surface area contributed by atoms with Gasteiger partial charge in [0.2, 0.25) is 0 Å². The molecule has 0 aromatic carbocycles. The van der Waals surface area contributed by atoms with Crippen LogP contribution in [0.25, 0.3) is 0 Å². The molecular formula is C3Cl6Sn. The van der Waals surface area contributed by atoms with Gasteiger partial charge in [-0.25, -0.2) is 0 Å². The molecule has 0 aliphatic carbocycles. The van der Waals surface area contributed by atoms with Gasteiger partial charge < -0.3 is 0 Å². The summed E-state index contributed by atoms with van der Waals surface area (Å²) in [6.45, 7) is 0. The average molecular weight is 367 g/mol. The summed E-state index contributed by atoms with van der Waals surface area (Å²) in [5.74, 6) is 0. The third kappa shape index (κ3) is 1.19. The second-order valence-electron chi connectivity index (χ2n) is 1.78. The zero-order valence-corrected chi connectivity index (χ0v) is 11.7. The minimum atomic E-state index is -3.57. The first-order valence-corrected chi connectivity index (χ1v) is 13.7. The summed E-state index contributed by atoms with van der Waals surface area (Å²) in [7, 11) is 11.6. The van der Waals surface area contributed by atoms with Gasteiger partial charge in [-0.1, -0.05) is 0 Å². The quantitative estimate of drug-likeness (QED) is 0.451. The zero-order chi connectivity index (χ0) is 8.15. The molecule has 58 valence electrons. The Labute approximate surface area is 89.6 Å². The molecule has 0 bridgehead atoms. The molecule has 0 fully saturated rings. The van der Waals surface area contributed by atoms with E-state index in [9.17, 15) is 0 Å². The number of allylic oxidation sites excluding steroid dienone is 1. The Morgan fingerprint density at radius 1 is 1.10 bits per heavy atom. The van der Waals surface area contributed by atoms with Crippen LogP contribution in [-0.2, 0) is 0 Å². The van der Waals surface area contributed by atoms with Crippen molar-refractivity contribution in [3.05, 3.63) is 8.08 Å². The molecular weight excluding hydrogens is 367 g/mol. The molecule has 0 aromatic heterocycles. The number of halogens is 6. The molecule has 0 spiro atoms. The molecule has 0 amide bonds. The first-order valence-electron chi connectivity index (χ1n) is 2.13. The number of alkyl halides is 2. The van der Waals surface area contributed by atoms with Gasteiger partial charge in [-0.15, -0.1) is 0 Å². The molecule has 7 heteroatoms. The van der Waals surface area contributed by atoms with Gasteiger partial charge in [-0.05, 0) is 0 Å². The summed E-state index contributed by atoms with van der Waals surface area (Å²) in [6, 6.07) is 0. The summed E-state index contributed by atoms with van der Waals surface area (Å²) >= 11 is 18.9. The van der Waals surface area contributed by atoms with E-state index in [0.29, 0.717) is 3.05 Å². The van der Waals surface area contributed by atoms with Crippen LogP contribution in [0.2, 0.25) is 0 Å². The minimum absolute atomic E-state index is 0.179. The summed E-state index contributed by atoms with van der Waals surface area (Å²) in [6.07, 6.45) is 0. The normalized spacial score (nSPS) is 28.2. The van der Waals surface area contributed by atoms with Crippen molar-refractivity contribution in [2.45, 2.75) is 2.35 Å². The fourth-order valence-corrected chi connectivity index (χ4v) is 12.9. The van der Waals surface area contributed by atoms with Crippen molar-refractivity contribution < 1.29 is 0 Å². The molecule has 0 saturated carbocycles. The molecule has 1 aliphatic heterocycles. The van der Waals surface area contributed by atoms with Crippen molar-refractivity contribution in [1.82, 2.24) is 0 Å². The third-order valence-electron chi connectivity index (χ3n) is 1.14. The first kappa shape index (κ1) is 10.4. The van der Waals surface area contributed by atoms with Crippen LogP contribution in [0, 0.1) is 0 Å². The van der Waals surface area contributed by atoms with Gasteiger partial charge in [0.15, 0.2) is 0 Å². The van der Waals surface area contributed by atoms with Crippen LogP contribution in [0.4, 0.5) is 0 Å². The first-order chi connectivity index (χ1) is 4.32. The van der Waals surface area contributed by atoms with Crippen LogP contribution in [0.1, 0.15) is 0 Å². The Kier molecular flexibility index (Phi) is 3.00. The monoisotopic (exact) mass is 366 g/mol. The van der Waals surface area contributed by atoms with E-state index in [2.05, 4.69) is 0 Å². The standard InChI is InChI=1S/C3Cl4.2ClH.Sn/c4-1-2(5)3(6)7;;;/h;2*1H;/q;;;+2/p-2. The van der Waals surface area contributed by atoms with Crippen LogP contribution in [0.15, 0.2) is 8.08 Å². The Morgan fingerprint density at radius 3 is 1.60 bits per heavy atom. The average Bonchev–Trinajstić information content (AvgIpc) is 1.84. The Morgan fingerprint density at radius 2 is 1.50 bits per heavy atom. The van der Waals surface area contributed by atoms with Gasteiger partial charge in [0.05, 0.1) is 0 Å². The molecule has 1 rings (SSSR count). The molecule has 0 N–H and O–H groups in total. The summed E-state index contributed by atoms with van der Waals surface area (Å²) in [4.78, 5) is 0. The van der Waals surface area contributed by atoms with E-state index in [0.717, 1.165) is 0 Å². The summed E-state index contributed by atoms with van der Waals surface area (Å²) < 4.78 is -0.958. The van der Waals surface area contributed by atoms with E-state index in [1.165, 1.54) is 0 Å². The van der Waals surface area contributed by atoms with Crippen LogP contribution in [0.5, 0.6) is 0 Å². The van der Waals surface area contributed by atoms with E-state index in [-0.39, 0.29) is 5.03 Å². The van der Waals surface area contributed by atoms with E-state index in [1.807, 2.05) is 0 Å². The summed E-state index contributed by atoms with van der Waals surface area (Å²) in [5.41, 5.74) is 0. The van der Waals surface area contributed by atoms with Crippen LogP contribution in [-0.4, -0.2) is 18.5 Å². The van der Waals surface area contributed by atoms with Crippen molar-refractivity contribution >= 4 is 80.4 Å². The van der Waals surface area contributed by atoms with Crippen LogP contribution < -0.4 is 0 Å². The molecule has 0 atom stereocenters. The van der Waals surface area contributed by atoms with E-state index >= 15 is 0 Å².